The van der Waals surface area contributed by atoms with E-state index in [1.807, 2.05) is 0 Å². The summed E-state index contributed by atoms with van der Waals surface area (Å²) in [4.78, 5) is 25.7. The molecule has 2 rings (SSSR count). The van der Waals surface area contributed by atoms with E-state index < -0.39 is 5.54 Å². The second-order valence-electron chi connectivity index (χ2n) is 6.06. The van der Waals surface area contributed by atoms with Crippen molar-refractivity contribution >= 4 is 36.6 Å². The van der Waals surface area contributed by atoms with Crippen LogP contribution in [0.5, 0.6) is 0 Å². The molecule has 0 unspecified atom stereocenters. The lowest BCUT2D eigenvalue weighted by atomic mass is 9.96. The molecule has 130 valence electrons. The molecule has 22 heavy (non-hydrogen) atoms. The summed E-state index contributed by atoms with van der Waals surface area (Å²) in [5.74, 6) is 0.0547. The van der Waals surface area contributed by atoms with Crippen LogP contribution in [0, 0.1) is 0 Å². The van der Waals surface area contributed by atoms with Crippen LogP contribution in [-0.4, -0.2) is 55.0 Å². The zero-order valence-electron chi connectivity index (χ0n) is 13.1. The minimum absolute atomic E-state index is 0. The fourth-order valence-electron chi connectivity index (χ4n) is 3.08. The van der Waals surface area contributed by atoms with E-state index in [1.54, 1.807) is 7.05 Å². The van der Waals surface area contributed by atoms with E-state index in [-0.39, 0.29) is 42.7 Å². The molecular formula is C14H28Cl2N4O2. The zero-order chi connectivity index (χ0) is 14.6. The summed E-state index contributed by atoms with van der Waals surface area (Å²) in [6, 6.07) is 0.199. The van der Waals surface area contributed by atoms with Gasteiger partial charge in [-0.3, -0.25) is 14.5 Å². The van der Waals surface area contributed by atoms with E-state index in [9.17, 15) is 9.59 Å². The van der Waals surface area contributed by atoms with Crippen molar-refractivity contribution < 1.29 is 9.59 Å². The first kappa shape index (κ1) is 21.4. The van der Waals surface area contributed by atoms with Gasteiger partial charge in [0.25, 0.3) is 0 Å². The number of likely N-dealkylation sites (tertiary alicyclic amines) is 1. The molecular weight excluding hydrogens is 327 g/mol. The average molecular weight is 355 g/mol. The Bertz CT molecular complexity index is 368. The van der Waals surface area contributed by atoms with Gasteiger partial charge in [0.2, 0.25) is 11.8 Å². The maximum atomic E-state index is 12.2. The summed E-state index contributed by atoms with van der Waals surface area (Å²) in [7, 11) is 1.65. The largest absolute Gasteiger partial charge is 0.358 e. The molecule has 0 radical (unpaired) electrons. The van der Waals surface area contributed by atoms with E-state index in [0.717, 1.165) is 51.6 Å². The summed E-state index contributed by atoms with van der Waals surface area (Å²) in [5.41, 5.74) is 5.52. The molecule has 0 aromatic carbocycles. The third-order valence-corrected chi connectivity index (χ3v) is 4.52. The third-order valence-electron chi connectivity index (χ3n) is 4.52. The monoisotopic (exact) mass is 354 g/mol. The molecule has 0 bridgehead atoms. The van der Waals surface area contributed by atoms with Crippen LogP contribution in [0.4, 0.5) is 0 Å². The number of hydrogen-bond donors (Lipinski definition) is 3. The number of halogens is 2. The van der Waals surface area contributed by atoms with Gasteiger partial charge in [0.05, 0.1) is 12.1 Å². The second kappa shape index (κ2) is 9.55. The number of rotatable bonds is 4. The molecule has 1 saturated heterocycles. The Hall–Kier alpha value is -0.560. The third kappa shape index (κ3) is 5.57. The van der Waals surface area contributed by atoms with Gasteiger partial charge in [-0.1, -0.05) is 12.8 Å². The van der Waals surface area contributed by atoms with E-state index in [0.29, 0.717) is 6.54 Å². The molecule has 0 atom stereocenters. The number of likely N-dealkylation sites (N-methyl/N-ethyl adjacent to an activating group) is 1. The van der Waals surface area contributed by atoms with Gasteiger partial charge in [0.15, 0.2) is 0 Å². The number of piperidine rings is 1. The molecule has 0 spiro atoms. The summed E-state index contributed by atoms with van der Waals surface area (Å²) in [6.45, 7) is 2.13. The smallest absolute Gasteiger partial charge is 0.240 e. The summed E-state index contributed by atoms with van der Waals surface area (Å²) in [5, 5.41) is 5.73. The van der Waals surface area contributed by atoms with Crippen molar-refractivity contribution in [2.45, 2.75) is 50.1 Å². The van der Waals surface area contributed by atoms with Gasteiger partial charge in [-0.15, -0.1) is 24.8 Å². The summed E-state index contributed by atoms with van der Waals surface area (Å²) < 4.78 is 0. The van der Waals surface area contributed by atoms with Gasteiger partial charge < -0.3 is 16.4 Å². The summed E-state index contributed by atoms with van der Waals surface area (Å²) >= 11 is 0. The fourth-order valence-corrected chi connectivity index (χ4v) is 3.08. The van der Waals surface area contributed by atoms with Gasteiger partial charge in [-0.2, -0.15) is 0 Å². The van der Waals surface area contributed by atoms with Crippen molar-refractivity contribution in [1.82, 2.24) is 15.5 Å². The van der Waals surface area contributed by atoms with Gasteiger partial charge in [0, 0.05) is 26.2 Å². The Balaban J connectivity index is 0.00000220. The molecule has 1 heterocycles. The van der Waals surface area contributed by atoms with E-state index in [4.69, 9.17) is 5.73 Å². The molecule has 2 amide bonds. The molecule has 0 aromatic rings. The first-order valence-corrected chi connectivity index (χ1v) is 7.56. The zero-order valence-corrected chi connectivity index (χ0v) is 14.7. The van der Waals surface area contributed by atoms with Gasteiger partial charge in [-0.05, 0) is 25.7 Å². The highest BCUT2D eigenvalue weighted by molar-refractivity contribution is 5.86. The second-order valence-corrected chi connectivity index (χ2v) is 6.06. The number of amides is 2. The predicted molar refractivity (Wildman–Crippen MR) is 91.6 cm³/mol. The van der Waals surface area contributed by atoms with Crippen LogP contribution >= 0.6 is 24.8 Å². The van der Waals surface area contributed by atoms with E-state index in [1.165, 1.54) is 0 Å². The molecule has 2 aliphatic rings. The minimum Gasteiger partial charge on any atom is -0.358 e. The summed E-state index contributed by atoms with van der Waals surface area (Å²) in [6.07, 6.45) is 5.48. The van der Waals surface area contributed by atoms with Crippen LogP contribution in [0.2, 0.25) is 0 Å². The SMILES string of the molecule is CNC(=O)CN1CCC(NC(=O)C2(N)CCCC2)CC1.Cl.Cl. The molecule has 1 saturated carbocycles. The fraction of sp³-hybridized carbons (Fsp3) is 0.857. The highest BCUT2D eigenvalue weighted by Crippen LogP contribution is 2.27. The highest BCUT2D eigenvalue weighted by atomic mass is 35.5. The Morgan fingerprint density at radius 2 is 1.73 bits per heavy atom. The lowest BCUT2D eigenvalue weighted by Gasteiger charge is -2.33. The van der Waals surface area contributed by atoms with Crippen molar-refractivity contribution in [3.05, 3.63) is 0 Å². The van der Waals surface area contributed by atoms with Gasteiger partial charge >= 0.3 is 0 Å². The Morgan fingerprint density at radius 3 is 2.23 bits per heavy atom. The number of nitrogens with one attached hydrogen (secondary N) is 2. The number of carbonyl (C=O) groups excluding carboxylic acids is 2. The van der Waals surface area contributed by atoms with Crippen LogP contribution in [0.25, 0.3) is 0 Å². The molecule has 8 heteroatoms. The van der Waals surface area contributed by atoms with Crippen molar-refractivity contribution in [1.29, 1.82) is 0 Å². The maximum Gasteiger partial charge on any atom is 0.240 e. The molecule has 6 nitrogen and oxygen atoms in total. The van der Waals surface area contributed by atoms with E-state index >= 15 is 0 Å². The number of carbonyl (C=O) groups is 2. The van der Waals surface area contributed by atoms with Crippen molar-refractivity contribution in [2.24, 2.45) is 5.73 Å². The number of nitrogens with zero attached hydrogens (tertiary/aromatic N) is 1. The maximum absolute atomic E-state index is 12.2. The van der Waals surface area contributed by atoms with Crippen LogP contribution in [-0.2, 0) is 9.59 Å². The first-order chi connectivity index (χ1) is 9.53. The van der Waals surface area contributed by atoms with Crippen molar-refractivity contribution in [2.75, 3.05) is 26.7 Å². The predicted octanol–water partition coefficient (Wildman–Crippen LogP) is 0.428. The highest BCUT2D eigenvalue weighted by Gasteiger charge is 2.38. The number of hydrogen-bond acceptors (Lipinski definition) is 4. The molecule has 1 aliphatic carbocycles. The molecule has 0 aromatic heterocycles. The van der Waals surface area contributed by atoms with Crippen LogP contribution in [0.15, 0.2) is 0 Å². The van der Waals surface area contributed by atoms with Crippen LogP contribution in [0.3, 0.4) is 0 Å². The first-order valence-electron chi connectivity index (χ1n) is 7.56. The molecule has 1 aliphatic heterocycles. The average Bonchev–Trinajstić information content (AvgIpc) is 2.89. The molecule has 4 N–H and O–H groups in total. The lowest BCUT2D eigenvalue weighted by molar-refractivity contribution is -0.127. The standard InChI is InChI=1S/C14H26N4O2.2ClH/c1-16-12(19)10-18-8-4-11(5-9-18)17-13(20)14(15)6-2-3-7-14;;/h11H,2-10,15H2,1H3,(H,16,19)(H,17,20);2*1H. The number of nitrogens with two attached hydrogens (primary N) is 1. The van der Waals surface area contributed by atoms with Gasteiger partial charge in [-0.25, -0.2) is 0 Å². The van der Waals surface area contributed by atoms with E-state index in [2.05, 4.69) is 15.5 Å². The Labute approximate surface area is 144 Å². The van der Waals surface area contributed by atoms with Crippen molar-refractivity contribution in [3.63, 3.8) is 0 Å². The lowest BCUT2D eigenvalue weighted by Crippen LogP contribution is -2.56. The Morgan fingerprint density at radius 1 is 1.18 bits per heavy atom. The van der Waals surface area contributed by atoms with Crippen LogP contribution in [0.1, 0.15) is 38.5 Å². The quantitative estimate of drug-likeness (QED) is 0.683. The Kier molecular flexibility index (Phi) is 9.31. The minimum atomic E-state index is -0.640. The molecule has 2 fully saturated rings. The topological polar surface area (TPSA) is 87.5 Å². The normalized spacial score (nSPS) is 21.4. The van der Waals surface area contributed by atoms with Crippen molar-refractivity contribution in [3.8, 4) is 0 Å². The van der Waals surface area contributed by atoms with Crippen LogP contribution < -0.4 is 16.4 Å². The van der Waals surface area contributed by atoms with Gasteiger partial charge in [0.1, 0.15) is 0 Å².